The number of hydrogen-bond acceptors (Lipinski definition) is 4. The van der Waals surface area contributed by atoms with Crippen molar-refractivity contribution in [1.29, 1.82) is 0 Å². The minimum absolute atomic E-state index is 0.390. The minimum Gasteiger partial charge on any atom is -0.316 e. The lowest BCUT2D eigenvalue weighted by atomic mass is 10.1. The Labute approximate surface area is 125 Å². The summed E-state index contributed by atoms with van der Waals surface area (Å²) in [6.45, 7) is 6.43. The van der Waals surface area contributed by atoms with Crippen LogP contribution in [-0.4, -0.2) is 27.9 Å². The summed E-state index contributed by atoms with van der Waals surface area (Å²) >= 11 is 1.74. The van der Waals surface area contributed by atoms with Crippen molar-refractivity contribution in [3.63, 3.8) is 0 Å². The molecule has 2 unspecified atom stereocenters. The van der Waals surface area contributed by atoms with E-state index >= 15 is 0 Å². The van der Waals surface area contributed by atoms with Crippen LogP contribution in [0.2, 0.25) is 0 Å². The van der Waals surface area contributed by atoms with Crippen LogP contribution in [0.4, 0.5) is 0 Å². The molecule has 0 aliphatic carbocycles. The van der Waals surface area contributed by atoms with Crippen molar-refractivity contribution in [2.45, 2.75) is 52.1 Å². The van der Waals surface area contributed by atoms with E-state index in [2.05, 4.69) is 51.6 Å². The van der Waals surface area contributed by atoms with E-state index in [1.165, 1.54) is 5.01 Å². The van der Waals surface area contributed by atoms with E-state index in [1.54, 1.807) is 11.3 Å². The Bertz CT molecular complexity index is 531. The van der Waals surface area contributed by atoms with Crippen LogP contribution in [0.3, 0.4) is 0 Å². The molecule has 2 atom stereocenters. The lowest BCUT2D eigenvalue weighted by Crippen LogP contribution is -2.30. The third kappa shape index (κ3) is 3.90. The van der Waals surface area contributed by atoms with Crippen LogP contribution in [0.1, 0.15) is 42.7 Å². The summed E-state index contributed by atoms with van der Waals surface area (Å²) in [5.41, 5.74) is 2.26. The van der Waals surface area contributed by atoms with Crippen molar-refractivity contribution in [3.05, 3.63) is 34.0 Å². The van der Waals surface area contributed by atoms with E-state index < -0.39 is 0 Å². The Hall–Kier alpha value is -1.20. The average Bonchev–Trinajstić information content (AvgIpc) is 3.06. The molecule has 2 aromatic rings. The lowest BCUT2D eigenvalue weighted by Gasteiger charge is -2.13. The average molecular weight is 292 g/mol. The van der Waals surface area contributed by atoms with E-state index in [4.69, 9.17) is 0 Å². The van der Waals surface area contributed by atoms with Gasteiger partial charge in [0.1, 0.15) is 0 Å². The van der Waals surface area contributed by atoms with E-state index in [1.807, 2.05) is 14.0 Å². The number of hydrogen-bond donors (Lipinski definition) is 1. The van der Waals surface area contributed by atoms with Crippen LogP contribution in [0.25, 0.3) is 0 Å². The zero-order valence-corrected chi connectivity index (χ0v) is 13.6. The number of aromatic nitrogens is 3. The molecule has 0 fully saturated rings. The second-order valence-corrected chi connectivity index (χ2v) is 6.26. The quantitative estimate of drug-likeness (QED) is 0.853. The largest absolute Gasteiger partial charge is 0.316 e. The molecule has 20 heavy (non-hydrogen) atoms. The number of rotatable bonds is 7. The van der Waals surface area contributed by atoms with Crippen molar-refractivity contribution in [2.75, 3.05) is 7.05 Å². The maximum absolute atomic E-state index is 4.68. The van der Waals surface area contributed by atoms with E-state index in [9.17, 15) is 0 Å². The second kappa shape index (κ2) is 6.99. The fourth-order valence-electron chi connectivity index (χ4n) is 2.15. The molecule has 0 radical (unpaired) electrons. The van der Waals surface area contributed by atoms with Gasteiger partial charge in [0.2, 0.25) is 0 Å². The lowest BCUT2D eigenvalue weighted by molar-refractivity contribution is 0.467. The topological polar surface area (TPSA) is 42.7 Å². The zero-order chi connectivity index (χ0) is 14.5. The summed E-state index contributed by atoms with van der Waals surface area (Å²) < 4.78 is 2.07. The Morgan fingerprint density at radius 3 is 2.80 bits per heavy atom. The predicted molar refractivity (Wildman–Crippen MR) is 84.3 cm³/mol. The fraction of sp³-hybridized carbons (Fsp3) is 0.600. The van der Waals surface area contributed by atoms with Gasteiger partial charge in [-0.15, -0.1) is 11.3 Å². The van der Waals surface area contributed by atoms with Gasteiger partial charge in [-0.05, 0) is 33.4 Å². The summed E-state index contributed by atoms with van der Waals surface area (Å²) in [5, 5.41) is 11.4. The Balaban J connectivity index is 1.97. The molecule has 4 nitrogen and oxygen atoms in total. The normalized spacial score (nSPS) is 14.4. The number of aryl methyl sites for hydroxylation is 1. The molecule has 0 spiro atoms. The first-order valence-electron chi connectivity index (χ1n) is 7.24. The highest BCUT2D eigenvalue weighted by atomic mass is 32.1. The summed E-state index contributed by atoms with van der Waals surface area (Å²) in [6, 6.07) is 2.99. The SMILES string of the molecule is CCC(C)n1ccc(CC(Cc2nc(C)cs2)NC)n1. The molecule has 2 aromatic heterocycles. The third-order valence-corrected chi connectivity index (χ3v) is 4.65. The molecule has 2 rings (SSSR count). The van der Waals surface area contributed by atoms with Crippen LogP contribution < -0.4 is 5.32 Å². The van der Waals surface area contributed by atoms with Crippen molar-refractivity contribution in [3.8, 4) is 0 Å². The Morgan fingerprint density at radius 1 is 1.40 bits per heavy atom. The monoisotopic (exact) mass is 292 g/mol. The molecule has 110 valence electrons. The number of likely N-dealkylation sites (N-methyl/N-ethyl adjacent to an activating group) is 1. The van der Waals surface area contributed by atoms with Crippen molar-refractivity contribution >= 4 is 11.3 Å². The van der Waals surface area contributed by atoms with Gasteiger partial charge in [-0.2, -0.15) is 5.10 Å². The third-order valence-electron chi connectivity index (χ3n) is 3.66. The molecule has 5 heteroatoms. The summed E-state index contributed by atoms with van der Waals surface area (Å²) in [5.74, 6) is 0. The molecule has 0 aliphatic heterocycles. The molecule has 2 heterocycles. The first-order valence-corrected chi connectivity index (χ1v) is 8.12. The first-order chi connectivity index (χ1) is 9.62. The molecular weight excluding hydrogens is 268 g/mol. The van der Waals surface area contributed by atoms with Crippen LogP contribution in [0, 0.1) is 6.92 Å². The van der Waals surface area contributed by atoms with Crippen LogP contribution in [0.15, 0.2) is 17.6 Å². The predicted octanol–water partition coefficient (Wildman–Crippen LogP) is 2.99. The van der Waals surface area contributed by atoms with Gasteiger partial charge in [0.15, 0.2) is 0 Å². The van der Waals surface area contributed by atoms with Gasteiger partial charge in [-0.25, -0.2) is 4.98 Å². The molecule has 0 amide bonds. The van der Waals surface area contributed by atoms with E-state index in [0.29, 0.717) is 12.1 Å². The van der Waals surface area contributed by atoms with Crippen LogP contribution in [0.5, 0.6) is 0 Å². The van der Waals surface area contributed by atoms with Crippen molar-refractivity contribution in [2.24, 2.45) is 0 Å². The summed E-state index contributed by atoms with van der Waals surface area (Å²) in [7, 11) is 2.01. The van der Waals surface area contributed by atoms with E-state index in [-0.39, 0.29) is 0 Å². The molecule has 0 saturated carbocycles. The van der Waals surface area contributed by atoms with Gasteiger partial charge in [0.05, 0.1) is 10.7 Å². The molecule has 0 aromatic carbocycles. The maximum Gasteiger partial charge on any atom is 0.0943 e. The molecule has 1 N–H and O–H groups in total. The van der Waals surface area contributed by atoms with Gasteiger partial charge < -0.3 is 5.32 Å². The van der Waals surface area contributed by atoms with Gasteiger partial charge >= 0.3 is 0 Å². The first kappa shape index (κ1) is 15.2. The number of nitrogens with zero attached hydrogens (tertiary/aromatic N) is 3. The summed E-state index contributed by atoms with van der Waals surface area (Å²) in [6.07, 6.45) is 5.10. The number of thiazole rings is 1. The molecule has 0 aliphatic rings. The van der Waals surface area contributed by atoms with Gasteiger partial charge in [0.25, 0.3) is 0 Å². The zero-order valence-electron chi connectivity index (χ0n) is 12.8. The van der Waals surface area contributed by atoms with Gasteiger partial charge in [0, 0.05) is 42.2 Å². The van der Waals surface area contributed by atoms with E-state index in [0.717, 1.165) is 30.7 Å². The van der Waals surface area contributed by atoms with Crippen LogP contribution >= 0.6 is 11.3 Å². The molecule has 0 saturated heterocycles. The Morgan fingerprint density at radius 2 is 2.20 bits per heavy atom. The van der Waals surface area contributed by atoms with Gasteiger partial charge in [-0.1, -0.05) is 6.92 Å². The smallest absolute Gasteiger partial charge is 0.0943 e. The van der Waals surface area contributed by atoms with Crippen molar-refractivity contribution < 1.29 is 0 Å². The highest BCUT2D eigenvalue weighted by Gasteiger charge is 2.13. The van der Waals surface area contributed by atoms with Crippen molar-refractivity contribution in [1.82, 2.24) is 20.1 Å². The highest BCUT2D eigenvalue weighted by Crippen LogP contribution is 2.14. The standard InChI is InChI=1S/C15H24N4S/c1-5-12(3)19-7-6-13(18-19)8-14(16-4)9-15-17-11(2)10-20-15/h6-7,10,12,14,16H,5,8-9H2,1-4H3. The van der Waals surface area contributed by atoms with Crippen LogP contribution in [-0.2, 0) is 12.8 Å². The minimum atomic E-state index is 0.390. The Kier molecular flexibility index (Phi) is 5.31. The summed E-state index contributed by atoms with van der Waals surface area (Å²) in [4.78, 5) is 4.54. The fourth-order valence-corrected chi connectivity index (χ4v) is 3.01. The molecular formula is C15H24N4S. The second-order valence-electron chi connectivity index (χ2n) is 5.32. The number of nitrogens with one attached hydrogen (secondary N) is 1. The maximum atomic E-state index is 4.68. The molecule has 0 bridgehead atoms. The highest BCUT2D eigenvalue weighted by molar-refractivity contribution is 7.09. The van der Waals surface area contributed by atoms with Gasteiger partial charge in [-0.3, -0.25) is 4.68 Å².